The van der Waals surface area contributed by atoms with Gasteiger partial charge in [-0.3, -0.25) is 0 Å². The minimum absolute atomic E-state index is 1.05. The van der Waals surface area contributed by atoms with E-state index in [0.717, 1.165) is 17.8 Å². The lowest BCUT2D eigenvalue weighted by Crippen LogP contribution is -2.19. The Bertz CT molecular complexity index is 133. The highest BCUT2D eigenvalue weighted by Gasteiger charge is 2.31. The Hall–Kier alpha value is 0. The molecule has 0 aromatic carbocycles. The fourth-order valence-corrected chi connectivity index (χ4v) is 3.44. The van der Waals surface area contributed by atoms with Crippen LogP contribution >= 0.6 is 0 Å². The second kappa shape index (κ2) is 3.81. The van der Waals surface area contributed by atoms with Gasteiger partial charge in [0, 0.05) is 0 Å². The Kier molecular flexibility index (Phi) is 2.73. The summed E-state index contributed by atoms with van der Waals surface area (Å²) in [6.07, 6.45) is 12.2. The Labute approximate surface area is 76.7 Å². The van der Waals surface area contributed by atoms with Crippen LogP contribution in [-0.4, -0.2) is 0 Å². The van der Waals surface area contributed by atoms with E-state index in [-0.39, 0.29) is 0 Å². The normalized spacial score (nSPS) is 38.8. The van der Waals surface area contributed by atoms with E-state index in [4.69, 9.17) is 0 Å². The van der Waals surface area contributed by atoms with Crippen molar-refractivity contribution in [3.05, 3.63) is 0 Å². The molecule has 0 amide bonds. The first-order valence-corrected chi connectivity index (χ1v) is 5.88. The van der Waals surface area contributed by atoms with Crippen LogP contribution in [0.2, 0.25) is 0 Å². The van der Waals surface area contributed by atoms with Crippen molar-refractivity contribution in [1.82, 2.24) is 0 Å². The Balaban J connectivity index is 1.89. The van der Waals surface area contributed by atoms with Crippen molar-refractivity contribution in [2.75, 3.05) is 0 Å². The molecule has 0 saturated heterocycles. The molecule has 2 rings (SSSR count). The van der Waals surface area contributed by atoms with Gasteiger partial charge in [0.2, 0.25) is 0 Å². The first-order chi connectivity index (χ1) is 5.88. The molecule has 0 bridgehead atoms. The van der Waals surface area contributed by atoms with E-state index < -0.39 is 0 Å². The third kappa shape index (κ3) is 1.67. The second-order valence-corrected chi connectivity index (χ2v) is 4.97. The second-order valence-electron chi connectivity index (χ2n) is 4.97. The summed E-state index contributed by atoms with van der Waals surface area (Å²) in [7, 11) is 0. The molecule has 0 N–H and O–H groups in total. The molecule has 2 fully saturated rings. The molecule has 0 aromatic rings. The lowest BCUT2D eigenvalue weighted by molar-refractivity contribution is 0.211. The minimum Gasteiger partial charge on any atom is -0.0622 e. The molecular weight excluding hydrogens is 144 g/mol. The third-order valence-electron chi connectivity index (χ3n) is 4.18. The Morgan fingerprint density at radius 3 is 2.08 bits per heavy atom. The molecule has 12 heavy (non-hydrogen) atoms. The van der Waals surface area contributed by atoms with Crippen LogP contribution in [-0.2, 0) is 0 Å². The maximum atomic E-state index is 2.48. The van der Waals surface area contributed by atoms with Crippen molar-refractivity contribution in [3.8, 4) is 0 Å². The predicted molar refractivity (Wildman–Crippen MR) is 53.1 cm³/mol. The summed E-state index contributed by atoms with van der Waals surface area (Å²) in [6, 6.07) is 0. The molecule has 0 spiro atoms. The third-order valence-corrected chi connectivity index (χ3v) is 4.18. The molecule has 70 valence electrons. The van der Waals surface area contributed by atoms with Crippen LogP contribution in [0.4, 0.5) is 0 Å². The van der Waals surface area contributed by atoms with Gasteiger partial charge in [-0.05, 0) is 24.2 Å². The molecule has 0 heterocycles. The molecule has 2 atom stereocenters. The van der Waals surface area contributed by atoms with Gasteiger partial charge in [-0.25, -0.2) is 0 Å². The number of rotatable bonds is 1. The molecule has 2 saturated carbocycles. The quantitative estimate of drug-likeness (QED) is 0.552. The van der Waals surface area contributed by atoms with E-state index in [2.05, 4.69) is 6.92 Å². The lowest BCUT2D eigenvalue weighted by Gasteiger charge is -2.30. The van der Waals surface area contributed by atoms with E-state index in [0.29, 0.717) is 0 Å². The van der Waals surface area contributed by atoms with Gasteiger partial charge >= 0.3 is 0 Å². The molecule has 0 aromatic heterocycles. The van der Waals surface area contributed by atoms with Crippen LogP contribution in [0.5, 0.6) is 0 Å². The van der Waals surface area contributed by atoms with Gasteiger partial charge in [-0.15, -0.1) is 0 Å². The first kappa shape index (κ1) is 8.59. The summed E-state index contributed by atoms with van der Waals surface area (Å²) in [5.74, 6) is 3.29. The molecule has 0 radical (unpaired) electrons. The van der Waals surface area contributed by atoms with Crippen molar-refractivity contribution in [3.63, 3.8) is 0 Å². The van der Waals surface area contributed by atoms with E-state index in [9.17, 15) is 0 Å². The first-order valence-electron chi connectivity index (χ1n) is 5.88. The zero-order valence-corrected chi connectivity index (χ0v) is 8.39. The molecule has 0 aliphatic heterocycles. The maximum absolute atomic E-state index is 2.48. The van der Waals surface area contributed by atoms with Gasteiger partial charge in [0.25, 0.3) is 0 Å². The van der Waals surface area contributed by atoms with Crippen LogP contribution < -0.4 is 0 Å². The molecule has 2 aliphatic rings. The summed E-state index contributed by atoms with van der Waals surface area (Å²) in [5, 5.41) is 0. The monoisotopic (exact) mass is 166 g/mol. The molecule has 0 unspecified atom stereocenters. The number of hydrogen-bond donors (Lipinski definition) is 0. The lowest BCUT2D eigenvalue weighted by atomic mass is 9.76. The van der Waals surface area contributed by atoms with Crippen LogP contribution in [0.15, 0.2) is 0 Å². The molecular formula is C12H22. The summed E-state index contributed by atoms with van der Waals surface area (Å²) in [4.78, 5) is 0. The van der Waals surface area contributed by atoms with Gasteiger partial charge in [0.15, 0.2) is 0 Å². The summed E-state index contributed by atoms with van der Waals surface area (Å²) in [6.45, 7) is 2.48. The van der Waals surface area contributed by atoms with E-state index in [1.165, 1.54) is 32.1 Å². The highest BCUT2D eigenvalue weighted by Crippen LogP contribution is 2.42. The Morgan fingerprint density at radius 1 is 0.750 bits per heavy atom. The SMILES string of the molecule is C[C@H]1CCC[C@@H]1C1CCCCC1. The minimum atomic E-state index is 1.05. The zero-order chi connectivity index (χ0) is 8.39. The molecule has 2 aliphatic carbocycles. The van der Waals surface area contributed by atoms with Crippen LogP contribution in [0.1, 0.15) is 58.3 Å². The van der Waals surface area contributed by atoms with E-state index in [1.807, 2.05) is 0 Å². The smallest absolute Gasteiger partial charge is 0.0360 e. The Morgan fingerprint density at radius 2 is 1.50 bits per heavy atom. The van der Waals surface area contributed by atoms with E-state index in [1.54, 1.807) is 19.3 Å². The van der Waals surface area contributed by atoms with Crippen molar-refractivity contribution < 1.29 is 0 Å². The standard InChI is InChI=1S/C12H22/c1-10-6-5-9-12(10)11-7-3-2-4-8-11/h10-12H,2-9H2,1H3/t10-,12-/m0/s1. The van der Waals surface area contributed by atoms with E-state index >= 15 is 0 Å². The van der Waals surface area contributed by atoms with Crippen molar-refractivity contribution in [2.24, 2.45) is 17.8 Å². The van der Waals surface area contributed by atoms with Crippen LogP contribution in [0.25, 0.3) is 0 Å². The van der Waals surface area contributed by atoms with Gasteiger partial charge in [-0.2, -0.15) is 0 Å². The molecule has 0 heteroatoms. The maximum Gasteiger partial charge on any atom is -0.0360 e. The van der Waals surface area contributed by atoms with Crippen molar-refractivity contribution in [1.29, 1.82) is 0 Å². The van der Waals surface area contributed by atoms with Gasteiger partial charge < -0.3 is 0 Å². The van der Waals surface area contributed by atoms with Gasteiger partial charge in [-0.1, -0.05) is 51.9 Å². The van der Waals surface area contributed by atoms with Gasteiger partial charge in [0.05, 0.1) is 0 Å². The highest BCUT2D eigenvalue weighted by molar-refractivity contribution is 4.82. The fraction of sp³-hybridized carbons (Fsp3) is 1.00. The summed E-state index contributed by atoms with van der Waals surface area (Å²) < 4.78 is 0. The largest absolute Gasteiger partial charge is 0.0622 e. The van der Waals surface area contributed by atoms with Gasteiger partial charge in [0.1, 0.15) is 0 Å². The topological polar surface area (TPSA) is 0 Å². The average Bonchev–Trinajstić information content (AvgIpc) is 2.53. The average molecular weight is 166 g/mol. The summed E-state index contributed by atoms with van der Waals surface area (Å²) >= 11 is 0. The predicted octanol–water partition coefficient (Wildman–Crippen LogP) is 4.00. The van der Waals surface area contributed by atoms with Crippen LogP contribution in [0.3, 0.4) is 0 Å². The summed E-state index contributed by atoms with van der Waals surface area (Å²) in [5.41, 5.74) is 0. The van der Waals surface area contributed by atoms with Crippen molar-refractivity contribution >= 4 is 0 Å². The van der Waals surface area contributed by atoms with Crippen molar-refractivity contribution in [2.45, 2.75) is 58.3 Å². The molecule has 0 nitrogen and oxygen atoms in total. The number of hydrogen-bond acceptors (Lipinski definition) is 0. The fourth-order valence-electron chi connectivity index (χ4n) is 3.44. The van der Waals surface area contributed by atoms with Crippen LogP contribution in [0, 0.1) is 17.8 Å². The zero-order valence-electron chi connectivity index (χ0n) is 8.39. The highest BCUT2D eigenvalue weighted by atomic mass is 14.4.